The number of rotatable bonds is 10. The third-order valence-electron chi connectivity index (χ3n) is 6.88. The first-order valence-electron chi connectivity index (χ1n) is 12.8. The molecule has 1 aromatic heterocycles. The van der Waals surface area contributed by atoms with Gasteiger partial charge in [0.1, 0.15) is 11.5 Å². The Hall–Kier alpha value is -2.93. The van der Waals surface area contributed by atoms with Crippen molar-refractivity contribution in [2.24, 2.45) is 5.92 Å². The highest BCUT2D eigenvalue weighted by Crippen LogP contribution is 2.37. The minimum absolute atomic E-state index is 0.291. The van der Waals surface area contributed by atoms with Crippen LogP contribution in [0.4, 0.5) is 0 Å². The normalized spacial score (nSPS) is 14.2. The Bertz CT molecular complexity index is 1130. The van der Waals surface area contributed by atoms with Crippen LogP contribution >= 0.6 is 11.8 Å². The summed E-state index contributed by atoms with van der Waals surface area (Å²) < 4.78 is 13.0. The molecular formula is C29H37N3O3S. The number of aromatic nitrogens is 2. The zero-order valence-corrected chi connectivity index (χ0v) is 22.6. The van der Waals surface area contributed by atoms with Crippen LogP contribution in [0.25, 0.3) is 22.5 Å². The molecule has 4 rings (SSSR count). The first-order chi connectivity index (χ1) is 17.5. The lowest BCUT2D eigenvalue weighted by Crippen LogP contribution is -2.37. The van der Waals surface area contributed by atoms with E-state index in [9.17, 15) is 4.79 Å². The first-order valence-corrected chi connectivity index (χ1v) is 13.8. The molecular weight excluding hydrogens is 470 g/mol. The van der Waals surface area contributed by atoms with Crippen LogP contribution in [0.1, 0.15) is 39.5 Å². The Morgan fingerprint density at radius 3 is 2.11 bits per heavy atom. The molecule has 3 aromatic rings. The van der Waals surface area contributed by atoms with Gasteiger partial charge < -0.3 is 18.9 Å². The number of carbonyl (C=O) groups excluding carboxylic acids is 1. The Morgan fingerprint density at radius 1 is 0.972 bits per heavy atom. The monoisotopic (exact) mass is 507 g/mol. The van der Waals surface area contributed by atoms with E-state index in [1.165, 1.54) is 0 Å². The lowest BCUT2D eigenvalue weighted by molar-refractivity contribution is -0.132. The molecule has 192 valence electrons. The standard InChI is InChI=1S/C29H37N3O3S/c1-5-32-28(23-10-14-25(35-4)15-11-23)27(22-8-12-24(34-3)13-9-22)30-29(32)36-20-6-7-26(33)31-18-16-21(2)17-19-31/h8-15,21H,5-7,16-20H2,1-4H3. The quantitative estimate of drug-likeness (QED) is 0.235. The number of methoxy groups -OCH3 is 2. The largest absolute Gasteiger partial charge is 0.497 e. The number of carbonyl (C=O) groups is 1. The molecule has 0 radical (unpaired) electrons. The Kier molecular flexibility index (Phi) is 8.97. The molecule has 2 aromatic carbocycles. The van der Waals surface area contributed by atoms with E-state index in [4.69, 9.17) is 14.5 Å². The fourth-order valence-electron chi connectivity index (χ4n) is 4.63. The van der Waals surface area contributed by atoms with Crippen molar-refractivity contribution in [1.29, 1.82) is 0 Å². The van der Waals surface area contributed by atoms with Crippen LogP contribution in [-0.2, 0) is 11.3 Å². The second kappa shape index (κ2) is 12.3. The summed E-state index contributed by atoms with van der Waals surface area (Å²) in [5.74, 6) is 3.53. The van der Waals surface area contributed by atoms with E-state index in [-0.39, 0.29) is 0 Å². The van der Waals surface area contributed by atoms with Gasteiger partial charge in [0, 0.05) is 42.9 Å². The summed E-state index contributed by atoms with van der Waals surface area (Å²) in [7, 11) is 3.36. The van der Waals surface area contributed by atoms with E-state index >= 15 is 0 Å². The van der Waals surface area contributed by atoms with Crippen molar-refractivity contribution in [3.63, 3.8) is 0 Å². The summed E-state index contributed by atoms with van der Waals surface area (Å²) in [4.78, 5) is 19.8. The van der Waals surface area contributed by atoms with Crippen molar-refractivity contribution in [2.75, 3.05) is 33.1 Å². The van der Waals surface area contributed by atoms with Crippen LogP contribution in [0.3, 0.4) is 0 Å². The second-order valence-electron chi connectivity index (χ2n) is 9.31. The average molecular weight is 508 g/mol. The molecule has 0 atom stereocenters. The SMILES string of the molecule is CCn1c(SCCCC(=O)N2CCC(C)CC2)nc(-c2ccc(OC)cc2)c1-c1ccc(OC)cc1. The summed E-state index contributed by atoms with van der Waals surface area (Å²) in [6, 6.07) is 16.2. The number of imidazole rings is 1. The summed E-state index contributed by atoms with van der Waals surface area (Å²) in [6.45, 7) is 7.04. The Morgan fingerprint density at radius 2 is 1.56 bits per heavy atom. The average Bonchev–Trinajstić information content (AvgIpc) is 3.29. The number of amides is 1. The van der Waals surface area contributed by atoms with Gasteiger partial charge in [-0.25, -0.2) is 4.98 Å². The molecule has 1 aliphatic heterocycles. The van der Waals surface area contributed by atoms with Crippen LogP contribution in [-0.4, -0.2) is 53.4 Å². The van der Waals surface area contributed by atoms with Gasteiger partial charge in [-0.2, -0.15) is 0 Å². The number of nitrogens with zero attached hydrogens (tertiary/aromatic N) is 3. The topological polar surface area (TPSA) is 56.6 Å². The van der Waals surface area contributed by atoms with E-state index in [0.717, 1.165) is 89.7 Å². The molecule has 0 aliphatic carbocycles. The molecule has 0 bridgehead atoms. The zero-order chi connectivity index (χ0) is 25.5. The van der Waals surface area contributed by atoms with Gasteiger partial charge in [0.25, 0.3) is 0 Å². The van der Waals surface area contributed by atoms with Gasteiger partial charge in [-0.05, 0) is 80.6 Å². The van der Waals surface area contributed by atoms with E-state index in [1.54, 1.807) is 26.0 Å². The van der Waals surface area contributed by atoms with Gasteiger partial charge in [0.2, 0.25) is 5.91 Å². The van der Waals surface area contributed by atoms with Crippen molar-refractivity contribution in [3.8, 4) is 34.0 Å². The summed E-state index contributed by atoms with van der Waals surface area (Å²) in [5.41, 5.74) is 4.18. The molecule has 0 N–H and O–H groups in total. The van der Waals surface area contributed by atoms with Gasteiger partial charge in [0.05, 0.1) is 25.6 Å². The number of piperidine rings is 1. The molecule has 1 saturated heterocycles. The first kappa shape index (κ1) is 26.1. The highest BCUT2D eigenvalue weighted by atomic mass is 32.2. The van der Waals surface area contributed by atoms with E-state index < -0.39 is 0 Å². The predicted molar refractivity (Wildman–Crippen MR) is 147 cm³/mol. The van der Waals surface area contributed by atoms with E-state index in [0.29, 0.717) is 12.3 Å². The minimum Gasteiger partial charge on any atom is -0.497 e. The fraction of sp³-hybridized carbons (Fsp3) is 0.448. The lowest BCUT2D eigenvalue weighted by atomic mass is 9.99. The molecule has 0 unspecified atom stereocenters. The zero-order valence-electron chi connectivity index (χ0n) is 21.8. The maximum atomic E-state index is 12.6. The maximum absolute atomic E-state index is 12.6. The van der Waals surface area contributed by atoms with E-state index in [1.807, 2.05) is 29.2 Å². The van der Waals surface area contributed by atoms with Crippen LogP contribution in [0, 0.1) is 5.92 Å². The molecule has 1 fully saturated rings. The summed E-state index contributed by atoms with van der Waals surface area (Å²) >= 11 is 1.73. The number of ether oxygens (including phenoxy) is 2. The van der Waals surface area contributed by atoms with E-state index in [2.05, 4.69) is 42.7 Å². The highest BCUT2D eigenvalue weighted by Gasteiger charge is 2.22. The molecule has 0 saturated carbocycles. The number of likely N-dealkylation sites (tertiary alicyclic amines) is 1. The predicted octanol–water partition coefficient (Wildman–Crippen LogP) is 6.39. The van der Waals surface area contributed by atoms with Gasteiger partial charge >= 0.3 is 0 Å². The smallest absolute Gasteiger partial charge is 0.222 e. The molecule has 1 aliphatic rings. The van der Waals surface area contributed by atoms with Crippen LogP contribution < -0.4 is 9.47 Å². The van der Waals surface area contributed by atoms with Crippen molar-refractivity contribution >= 4 is 17.7 Å². The second-order valence-corrected chi connectivity index (χ2v) is 10.4. The molecule has 6 nitrogen and oxygen atoms in total. The van der Waals surface area contributed by atoms with Crippen molar-refractivity contribution in [1.82, 2.24) is 14.5 Å². The maximum Gasteiger partial charge on any atom is 0.222 e. The van der Waals surface area contributed by atoms with Crippen LogP contribution in [0.2, 0.25) is 0 Å². The van der Waals surface area contributed by atoms with Crippen LogP contribution in [0.15, 0.2) is 53.7 Å². The number of thioether (sulfide) groups is 1. The minimum atomic E-state index is 0.291. The van der Waals surface area contributed by atoms with Gasteiger partial charge in [0.15, 0.2) is 5.16 Å². The van der Waals surface area contributed by atoms with Gasteiger partial charge in [-0.1, -0.05) is 18.7 Å². The molecule has 7 heteroatoms. The van der Waals surface area contributed by atoms with Crippen molar-refractivity contribution in [3.05, 3.63) is 48.5 Å². The number of benzene rings is 2. The van der Waals surface area contributed by atoms with Crippen LogP contribution in [0.5, 0.6) is 11.5 Å². The van der Waals surface area contributed by atoms with Gasteiger partial charge in [-0.15, -0.1) is 0 Å². The lowest BCUT2D eigenvalue weighted by Gasteiger charge is -2.30. The molecule has 0 spiro atoms. The summed E-state index contributed by atoms with van der Waals surface area (Å²) in [6.07, 6.45) is 3.69. The van der Waals surface area contributed by atoms with Gasteiger partial charge in [-0.3, -0.25) is 4.79 Å². The highest BCUT2D eigenvalue weighted by molar-refractivity contribution is 7.99. The molecule has 1 amide bonds. The molecule has 36 heavy (non-hydrogen) atoms. The number of hydrogen-bond donors (Lipinski definition) is 0. The van der Waals surface area contributed by atoms with Crippen molar-refractivity contribution in [2.45, 2.75) is 51.2 Å². The number of hydrogen-bond acceptors (Lipinski definition) is 5. The molecule has 2 heterocycles. The Balaban J connectivity index is 1.53. The third kappa shape index (κ3) is 6.06. The fourth-order valence-corrected chi connectivity index (χ4v) is 5.63. The van der Waals surface area contributed by atoms with Crippen molar-refractivity contribution < 1.29 is 14.3 Å². The summed E-state index contributed by atoms with van der Waals surface area (Å²) in [5, 5.41) is 0.980. The third-order valence-corrected chi connectivity index (χ3v) is 7.94. The Labute approximate surface area is 219 Å².